The monoisotopic (exact) mass is 551 g/mol. The normalized spacial score (nSPS) is 17.1. The molecule has 2 aromatic rings. The molecular weight excluding hydrogens is 521 g/mol. The third kappa shape index (κ3) is 5.59. The first-order valence-electron chi connectivity index (χ1n) is 10.6. The van der Waals surface area contributed by atoms with E-state index in [9.17, 15) is 9.59 Å². The minimum Gasteiger partial charge on any atom is -0.352 e. The van der Waals surface area contributed by atoms with E-state index in [2.05, 4.69) is 39.7 Å². The molecule has 10 heteroatoms. The lowest BCUT2D eigenvalue weighted by atomic mass is 10.1. The summed E-state index contributed by atoms with van der Waals surface area (Å²) in [5.41, 5.74) is 3.09. The number of guanidine groups is 1. The number of aliphatic imine (C=N–C) groups is 1. The maximum Gasteiger partial charge on any atom is 0.246 e. The van der Waals surface area contributed by atoms with Gasteiger partial charge in [-0.1, -0.05) is 24.3 Å². The predicted octanol–water partition coefficient (Wildman–Crippen LogP) is 1.58. The Morgan fingerprint density at radius 1 is 1.09 bits per heavy atom. The number of anilines is 1. The number of nitrogens with zero attached hydrogens (tertiary/aromatic N) is 6. The number of aromatic nitrogens is 2. The van der Waals surface area contributed by atoms with Gasteiger partial charge in [0.25, 0.3) is 0 Å². The summed E-state index contributed by atoms with van der Waals surface area (Å²) in [5.74, 6) is 0.988. The maximum atomic E-state index is 12.6. The lowest BCUT2D eigenvalue weighted by molar-refractivity contribution is -0.128. The molecule has 2 aliphatic rings. The number of rotatable bonds is 5. The van der Waals surface area contributed by atoms with Crippen LogP contribution in [-0.2, 0) is 29.7 Å². The van der Waals surface area contributed by atoms with Crippen LogP contribution in [0.25, 0.3) is 0 Å². The largest absolute Gasteiger partial charge is 0.352 e. The third-order valence-electron chi connectivity index (χ3n) is 5.75. The van der Waals surface area contributed by atoms with Crippen molar-refractivity contribution in [3.63, 3.8) is 0 Å². The highest BCUT2D eigenvalue weighted by Gasteiger charge is 2.27. The molecule has 1 N–H and O–H groups in total. The Bertz CT molecular complexity index is 973. The number of hydrogen-bond acceptors (Lipinski definition) is 4. The van der Waals surface area contributed by atoms with E-state index in [-0.39, 0.29) is 42.3 Å². The summed E-state index contributed by atoms with van der Waals surface area (Å²) >= 11 is 0. The molecule has 0 radical (unpaired) electrons. The first-order chi connectivity index (χ1) is 15.0. The fraction of sp³-hybridized carbons (Fsp3) is 0.455. The van der Waals surface area contributed by atoms with Crippen LogP contribution in [0.15, 0.2) is 41.7 Å². The van der Waals surface area contributed by atoms with E-state index in [1.165, 1.54) is 0 Å². The number of piperazine rings is 1. The second-order valence-corrected chi connectivity index (χ2v) is 7.98. The number of benzene rings is 1. The summed E-state index contributed by atoms with van der Waals surface area (Å²) in [6.07, 6.45) is 5.19. The lowest BCUT2D eigenvalue weighted by Crippen LogP contribution is -2.55. The SMILES string of the molecule is CN=C(NCc1ccc(CN2CCCC2=O)cc1)N1CCN(c2cnn(C)c2)C(=O)C1.I. The fourth-order valence-electron chi connectivity index (χ4n) is 4.04. The number of aryl methyl sites for hydroxylation is 1. The Kier molecular flexibility index (Phi) is 8.10. The molecule has 2 aliphatic heterocycles. The highest BCUT2D eigenvalue weighted by Crippen LogP contribution is 2.17. The molecule has 9 nitrogen and oxygen atoms in total. The Morgan fingerprint density at radius 3 is 2.44 bits per heavy atom. The van der Waals surface area contributed by atoms with Crippen molar-refractivity contribution in [1.82, 2.24) is 24.9 Å². The van der Waals surface area contributed by atoms with E-state index in [1.807, 2.05) is 23.0 Å². The first kappa shape index (κ1) is 24.0. The van der Waals surface area contributed by atoms with Gasteiger partial charge in [0, 0.05) is 59.4 Å². The van der Waals surface area contributed by atoms with Gasteiger partial charge in [-0.3, -0.25) is 19.3 Å². The predicted molar refractivity (Wildman–Crippen MR) is 134 cm³/mol. The van der Waals surface area contributed by atoms with Crippen LogP contribution in [0.2, 0.25) is 0 Å². The number of carbonyl (C=O) groups is 2. The highest BCUT2D eigenvalue weighted by molar-refractivity contribution is 14.0. The van der Waals surface area contributed by atoms with Gasteiger partial charge in [-0.15, -0.1) is 24.0 Å². The molecule has 0 aliphatic carbocycles. The lowest BCUT2D eigenvalue weighted by Gasteiger charge is -2.35. The van der Waals surface area contributed by atoms with Gasteiger partial charge in [0.05, 0.1) is 11.9 Å². The molecule has 0 spiro atoms. The number of nitrogens with one attached hydrogen (secondary N) is 1. The highest BCUT2D eigenvalue weighted by atomic mass is 127. The minimum atomic E-state index is 0. The van der Waals surface area contributed by atoms with Crippen LogP contribution in [-0.4, -0.2) is 70.6 Å². The van der Waals surface area contributed by atoms with Crippen molar-refractivity contribution in [2.24, 2.45) is 12.0 Å². The van der Waals surface area contributed by atoms with Gasteiger partial charge in [0.2, 0.25) is 11.8 Å². The van der Waals surface area contributed by atoms with Crippen LogP contribution in [0.5, 0.6) is 0 Å². The van der Waals surface area contributed by atoms with Crippen LogP contribution < -0.4 is 10.2 Å². The Labute approximate surface area is 205 Å². The average molecular weight is 551 g/mol. The molecule has 172 valence electrons. The zero-order chi connectivity index (χ0) is 21.8. The van der Waals surface area contributed by atoms with E-state index < -0.39 is 0 Å². The number of hydrogen-bond donors (Lipinski definition) is 1. The zero-order valence-corrected chi connectivity index (χ0v) is 20.9. The first-order valence-corrected chi connectivity index (χ1v) is 10.6. The van der Waals surface area contributed by atoms with Gasteiger partial charge < -0.3 is 20.0 Å². The smallest absolute Gasteiger partial charge is 0.246 e. The van der Waals surface area contributed by atoms with Crippen LogP contribution in [0.1, 0.15) is 24.0 Å². The van der Waals surface area contributed by atoms with Crippen molar-refractivity contribution in [2.75, 3.05) is 38.1 Å². The molecule has 0 unspecified atom stereocenters. The van der Waals surface area contributed by atoms with E-state index in [0.717, 1.165) is 29.8 Å². The van der Waals surface area contributed by atoms with Gasteiger partial charge in [-0.05, 0) is 17.5 Å². The van der Waals surface area contributed by atoms with Crippen LogP contribution >= 0.6 is 24.0 Å². The van der Waals surface area contributed by atoms with E-state index >= 15 is 0 Å². The zero-order valence-electron chi connectivity index (χ0n) is 18.5. The molecule has 0 atom stereocenters. The quantitative estimate of drug-likeness (QED) is 0.347. The van der Waals surface area contributed by atoms with Crippen molar-refractivity contribution in [2.45, 2.75) is 25.9 Å². The minimum absolute atomic E-state index is 0. The molecule has 32 heavy (non-hydrogen) atoms. The second kappa shape index (κ2) is 10.8. The summed E-state index contributed by atoms with van der Waals surface area (Å²) in [4.78, 5) is 34.5. The standard InChI is InChI=1S/C22H29N7O2.HI/c1-23-22(28-10-11-29(21(31)16-28)19-13-25-26(2)15-19)24-12-17-5-7-18(8-6-17)14-27-9-3-4-20(27)30;/h5-8,13,15H,3-4,9-12,14,16H2,1-2H3,(H,23,24);1H. The molecule has 0 bridgehead atoms. The van der Waals surface area contributed by atoms with Crippen molar-refractivity contribution < 1.29 is 9.59 Å². The maximum absolute atomic E-state index is 12.6. The molecule has 1 aromatic carbocycles. The van der Waals surface area contributed by atoms with Crippen molar-refractivity contribution in [3.05, 3.63) is 47.8 Å². The second-order valence-electron chi connectivity index (χ2n) is 7.98. The Morgan fingerprint density at radius 2 is 1.84 bits per heavy atom. The third-order valence-corrected chi connectivity index (χ3v) is 5.75. The van der Waals surface area contributed by atoms with Crippen molar-refractivity contribution >= 4 is 47.4 Å². The average Bonchev–Trinajstić information content (AvgIpc) is 3.38. The van der Waals surface area contributed by atoms with Crippen molar-refractivity contribution in [1.29, 1.82) is 0 Å². The van der Waals surface area contributed by atoms with E-state index in [0.29, 0.717) is 38.6 Å². The molecule has 0 saturated carbocycles. The molecular formula is C22H30IN7O2. The van der Waals surface area contributed by atoms with E-state index in [4.69, 9.17) is 0 Å². The summed E-state index contributed by atoms with van der Waals surface area (Å²) in [6, 6.07) is 8.28. The Hall–Kier alpha value is -2.63. The molecule has 3 heterocycles. The van der Waals surface area contributed by atoms with Crippen LogP contribution in [0.3, 0.4) is 0 Å². The number of likely N-dealkylation sites (tertiary alicyclic amines) is 1. The number of halogens is 1. The van der Waals surface area contributed by atoms with E-state index in [1.54, 1.807) is 22.8 Å². The Balaban J connectivity index is 0.00000289. The van der Waals surface area contributed by atoms with Gasteiger partial charge in [-0.25, -0.2) is 0 Å². The van der Waals surface area contributed by atoms with Gasteiger partial charge >= 0.3 is 0 Å². The fourth-order valence-corrected chi connectivity index (χ4v) is 4.04. The van der Waals surface area contributed by atoms with Crippen LogP contribution in [0, 0.1) is 0 Å². The molecule has 2 saturated heterocycles. The number of amides is 2. The topological polar surface area (TPSA) is 86.1 Å². The molecule has 2 fully saturated rings. The molecule has 4 rings (SSSR count). The summed E-state index contributed by atoms with van der Waals surface area (Å²) in [5, 5.41) is 7.51. The van der Waals surface area contributed by atoms with Crippen molar-refractivity contribution in [3.8, 4) is 0 Å². The molecule has 2 amide bonds. The summed E-state index contributed by atoms with van der Waals surface area (Å²) in [6.45, 7) is 3.71. The van der Waals surface area contributed by atoms with Gasteiger partial charge in [-0.2, -0.15) is 5.10 Å². The van der Waals surface area contributed by atoms with Gasteiger partial charge in [0.1, 0.15) is 6.54 Å². The number of carbonyl (C=O) groups excluding carboxylic acids is 2. The summed E-state index contributed by atoms with van der Waals surface area (Å²) < 4.78 is 1.70. The summed E-state index contributed by atoms with van der Waals surface area (Å²) in [7, 11) is 3.57. The van der Waals surface area contributed by atoms with Gasteiger partial charge in [0.15, 0.2) is 5.96 Å². The molecule has 1 aromatic heterocycles. The van der Waals surface area contributed by atoms with Crippen LogP contribution in [0.4, 0.5) is 5.69 Å².